The minimum absolute atomic E-state index is 0.0659. The van der Waals surface area contributed by atoms with Crippen LogP contribution in [-0.2, 0) is 4.79 Å². The molecule has 1 fully saturated rings. The molecule has 2 N–H and O–H groups in total. The summed E-state index contributed by atoms with van der Waals surface area (Å²) in [6.07, 6.45) is 3.03. The molecule has 0 aliphatic carbocycles. The molecule has 1 aliphatic rings. The number of aryl methyl sites for hydroxylation is 1. The third-order valence-electron chi connectivity index (χ3n) is 3.02. The first-order valence-corrected chi connectivity index (χ1v) is 6.70. The molecule has 1 atom stereocenters. The molecule has 0 saturated carbocycles. The van der Waals surface area contributed by atoms with E-state index >= 15 is 0 Å². The van der Waals surface area contributed by atoms with Crippen molar-refractivity contribution in [2.24, 2.45) is 0 Å². The Morgan fingerprint density at radius 3 is 2.89 bits per heavy atom. The number of piperidine rings is 1. The van der Waals surface area contributed by atoms with Gasteiger partial charge in [-0.15, -0.1) is 0 Å². The number of anilines is 1. The van der Waals surface area contributed by atoms with E-state index in [1.165, 1.54) is 0 Å². The molecule has 2 heterocycles. The zero-order chi connectivity index (χ0) is 13.1. The molecule has 2 rings (SSSR count). The van der Waals surface area contributed by atoms with Crippen molar-refractivity contribution >= 4 is 34.8 Å². The number of carbonyl (C=O) groups excluding carboxylic acids is 1. The summed E-state index contributed by atoms with van der Waals surface area (Å²) in [5.74, 6) is -0.0659. The van der Waals surface area contributed by atoms with E-state index in [4.69, 9.17) is 23.2 Å². The molecular formula is C12H15Cl2N3O. The van der Waals surface area contributed by atoms with Gasteiger partial charge in [0, 0.05) is 0 Å². The maximum Gasteiger partial charge on any atom is 0.241 e. The second-order valence-electron chi connectivity index (χ2n) is 4.42. The molecule has 1 aliphatic heterocycles. The average Bonchev–Trinajstić information content (AvgIpc) is 2.34. The van der Waals surface area contributed by atoms with Gasteiger partial charge < -0.3 is 10.6 Å². The average molecular weight is 288 g/mol. The number of hydrogen-bond acceptors (Lipinski definition) is 3. The minimum atomic E-state index is -0.148. The largest absolute Gasteiger partial charge is 0.322 e. The second kappa shape index (κ2) is 5.87. The number of nitrogens with one attached hydrogen (secondary N) is 2. The number of pyridine rings is 1. The predicted molar refractivity (Wildman–Crippen MR) is 73.3 cm³/mol. The molecule has 0 radical (unpaired) electrons. The maximum atomic E-state index is 12.1. The Morgan fingerprint density at radius 1 is 1.50 bits per heavy atom. The van der Waals surface area contributed by atoms with E-state index in [9.17, 15) is 4.79 Å². The van der Waals surface area contributed by atoms with E-state index in [1.54, 1.807) is 6.07 Å². The van der Waals surface area contributed by atoms with Crippen LogP contribution < -0.4 is 10.6 Å². The van der Waals surface area contributed by atoms with Crippen LogP contribution in [-0.4, -0.2) is 23.5 Å². The van der Waals surface area contributed by atoms with Crippen molar-refractivity contribution in [3.8, 4) is 0 Å². The first-order valence-electron chi connectivity index (χ1n) is 5.95. The van der Waals surface area contributed by atoms with Gasteiger partial charge in [-0.3, -0.25) is 4.79 Å². The van der Waals surface area contributed by atoms with Gasteiger partial charge in [0.05, 0.1) is 11.7 Å². The van der Waals surface area contributed by atoms with Crippen LogP contribution in [0.1, 0.15) is 24.8 Å². The lowest BCUT2D eigenvalue weighted by Crippen LogP contribution is -2.43. The summed E-state index contributed by atoms with van der Waals surface area (Å²) in [5, 5.41) is 6.56. The summed E-state index contributed by atoms with van der Waals surface area (Å²) >= 11 is 11.8. The molecule has 0 spiro atoms. The van der Waals surface area contributed by atoms with Crippen molar-refractivity contribution in [1.29, 1.82) is 0 Å². The lowest BCUT2D eigenvalue weighted by Gasteiger charge is -2.23. The van der Waals surface area contributed by atoms with E-state index in [0.29, 0.717) is 10.8 Å². The van der Waals surface area contributed by atoms with E-state index in [0.717, 1.165) is 31.4 Å². The monoisotopic (exact) mass is 287 g/mol. The number of rotatable bonds is 2. The summed E-state index contributed by atoms with van der Waals surface area (Å²) in [7, 11) is 0. The standard InChI is InChI=1S/C12H15Cl2N3O/c1-7-6-9(13)16-11(14)10(7)17-12(18)8-4-2-3-5-15-8/h6,8,15H,2-5H2,1H3,(H,17,18)/t8-/m0/s1. The second-order valence-corrected chi connectivity index (χ2v) is 5.16. The van der Waals surface area contributed by atoms with Crippen molar-refractivity contribution < 1.29 is 4.79 Å². The van der Waals surface area contributed by atoms with Gasteiger partial charge >= 0.3 is 0 Å². The van der Waals surface area contributed by atoms with Gasteiger partial charge in [0.1, 0.15) is 5.15 Å². The highest BCUT2D eigenvalue weighted by Crippen LogP contribution is 2.26. The van der Waals surface area contributed by atoms with Crippen LogP contribution >= 0.6 is 23.2 Å². The highest BCUT2D eigenvalue weighted by atomic mass is 35.5. The molecule has 4 nitrogen and oxygen atoms in total. The Balaban J connectivity index is 2.11. The van der Waals surface area contributed by atoms with Crippen LogP contribution in [0.4, 0.5) is 5.69 Å². The predicted octanol–water partition coefficient (Wildman–Crippen LogP) is 2.78. The molecule has 1 aromatic rings. The number of amides is 1. The highest BCUT2D eigenvalue weighted by molar-refractivity contribution is 6.34. The van der Waals surface area contributed by atoms with Crippen LogP contribution in [0.25, 0.3) is 0 Å². The number of halogens is 2. The molecule has 1 saturated heterocycles. The Hall–Kier alpha value is -0.840. The van der Waals surface area contributed by atoms with Crippen molar-refractivity contribution in [2.75, 3.05) is 11.9 Å². The Kier molecular flexibility index (Phi) is 4.43. The van der Waals surface area contributed by atoms with Crippen LogP contribution in [0.15, 0.2) is 6.07 Å². The Labute approximate surface area is 116 Å². The SMILES string of the molecule is Cc1cc(Cl)nc(Cl)c1NC(=O)[C@@H]1CCCCN1. The van der Waals surface area contributed by atoms with E-state index in [-0.39, 0.29) is 17.1 Å². The summed E-state index contributed by atoms with van der Waals surface area (Å²) in [5.41, 5.74) is 1.35. The van der Waals surface area contributed by atoms with Gasteiger partial charge in [-0.2, -0.15) is 0 Å². The van der Waals surface area contributed by atoms with Gasteiger partial charge in [0.15, 0.2) is 5.15 Å². The maximum absolute atomic E-state index is 12.1. The van der Waals surface area contributed by atoms with Crippen molar-refractivity contribution in [1.82, 2.24) is 10.3 Å². The fraction of sp³-hybridized carbons (Fsp3) is 0.500. The van der Waals surface area contributed by atoms with Gasteiger partial charge in [-0.25, -0.2) is 4.98 Å². The topological polar surface area (TPSA) is 54.0 Å². The molecule has 18 heavy (non-hydrogen) atoms. The van der Waals surface area contributed by atoms with Gasteiger partial charge in [0.2, 0.25) is 5.91 Å². The third-order valence-corrected chi connectivity index (χ3v) is 3.48. The number of hydrogen-bond donors (Lipinski definition) is 2. The minimum Gasteiger partial charge on any atom is -0.322 e. The van der Waals surface area contributed by atoms with Crippen molar-refractivity contribution in [3.63, 3.8) is 0 Å². The van der Waals surface area contributed by atoms with Crippen LogP contribution in [0.5, 0.6) is 0 Å². The third kappa shape index (κ3) is 3.13. The fourth-order valence-corrected chi connectivity index (χ4v) is 2.61. The molecule has 1 aromatic heterocycles. The van der Waals surface area contributed by atoms with E-state index in [1.807, 2.05) is 6.92 Å². The molecular weight excluding hydrogens is 273 g/mol. The van der Waals surface area contributed by atoms with Crippen LogP contribution in [0.3, 0.4) is 0 Å². The zero-order valence-corrected chi connectivity index (χ0v) is 11.6. The normalized spacial score (nSPS) is 19.6. The Morgan fingerprint density at radius 2 is 2.28 bits per heavy atom. The number of aromatic nitrogens is 1. The van der Waals surface area contributed by atoms with Gasteiger partial charge in [-0.05, 0) is 37.9 Å². The molecule has 6 heteroatoms. The molecule has 0 unspecified atom stereocenters. The molecule has 0 aromatic carbocycles. The summed E-state index contributed by atoms with van der Waals surface area (Å²) in [6.45, 7) is 2.72. The van der Waals surface area contributed by atoms with Crippen molar-refractivity contribution in [2.45, 2.75) is 32.2 Å². The van der Waals surface area contributed by atoms with Crippen LogP contribution in [0.2, 0.25) is 10.3 Å². The Bertz CT molecular complexity index is 436. The molecule has 0 bridgehead atoms. The lowest BCUT2D eigenvalue weighted by atomic mass is 10.0. The smallest absolute Gasteiger partial charge is 0.241 e. The highest BCUT2D eigenvalue weighted by Gasteiger charge is 2.22. The van der Waals surface area contributed by atoms with Crippen LogP contribution in [0, 0.1) is 6.92 Å². The van der Waals surface area contributed by atoms with Gasteiger partial charge in [0.25, 0.3) is 0 Å². The summed E-state index contributed by atoms with van der Waals surface area (Å²) in [6, 6.07) is 1.53. The van der Waals surface area contributed by atoms with Crippen molar-refractivity contribution in [3.05, 3.63) is 21.9 Å². The van der Waals surface area contributed by atoms with E-state index < -0.39 is 0 Å². The molecule has 1 amide bonds. The lowest BCUT2D eigenvalue weighted by molar-refractivity contribution is -0.118. The summed E-state index contributed by atoms with van der Waals surface area (Å²) in [4.78, 5) is 16.0. The summed E-state index contributed by atoms with van der Waals surface area (Å²) < 4.78 is 0. The van der Waals surface area contributed by atoms with E-state index in [2.05, 4.69) is 15.6 Å². The fourth-order valence-electron chi connectivity index (χ4n) is 2.03. The van der Waals surface area contributed by atoms with Gasteiger partial charge in [-0.1, -0.05) is 29.6 Å². The quantitative estimate of drug-likeness (QED) is 0.823. The molecule has 98 valence electrons. The number of carbonyl (C=O) groups is 1. The zero-order valence-electron chi connectivity index (χ0n) is 10.1. The first kappa shape index (κ1) is 13.6. The first-order chi connectivity index (χ1) is 8.58. The number of nitrogens with zero attached hydrogens (tertiary/aromatic N) is 1.